The Morgan fingerprint density at radius 3 is 2.75 bits per heavy atom. The molecule has 1 aromatic carbocycles. The summed E-state index contributed by atoms with van der Waals surface area (Å²) >= 11 is 0. The van der Waals surface area contributed by atoms with Crippen LogP contribution >= 0.6 is 0 Å². The van der Waals surface area contributed by atoms with Crippen molar-refractivity contribution in [2.24, 2.45) is 0 Å². The van der Waals surface area contributed by atoms with Crippen LogP contribution in [-0.2, 0) is 0 Å². The normalized spacial score (nSPS) is 10.1. The van der Waals surface area contributed by atoms with Gasteiger partial charge < -0.3 is 9.32 Å². The number of hydrogen-bond acceptors (Lipinski definition) is 5. The van der Waals surface area contributed by atoms with E-state index in [1.54, 1.807) is 18.5 Å². The van der Waals surface area contributed by atoms with Crippen LogP contribution in [0.4, 0.5) is 6.01 Å². The van der Waals surface area contributed by atoms with Gasteiger partial charge in [0, 0.05) is 19.4 Å². The summed E-state index contributed by atoms with van der Waals surface area (Å²) in [6, 6.07) is 9.97. The average molecular weight is 264 g/mol. The van der Waals surface area contributed by atoms with Crippen molar-refractivity contribution in [1.82, 2.24) is 15.0 Å². The highest BCUT2D eigenvalue weighted by Gasteiger charge is 2.08. The van der Waals surface area contributed by atoms with E-state index in [-0.39, 0.29) is 0 Å². The zero-order chi connectivity index (χ0) is 13.8. The average Bonchev–Trinajstić information content (AvgIpc) is 2.92. The summed E-state index contributed by atoms with van der Waals surface area (Å²) in [6.45, 7) is 0.491. The van der Waals surface area contributed by atoms with Gasteiger partial charge in [-0.05, 0) is 24.1 Å². The summed E-state index contributed by atoms with van der Waals surface area (Å²) in [4.78, 5) is 14.3. The van der Waals surface area contributed by atoms with Crippen molar-refractivity contribution >= 4 is 17.1 Å². The van der Waals surface area contributed by atoms with Crippen molar-refractivity contribution in [2.45, 2.75) is 0 Å². The fourth-order valence-electron chi connectivity index (χ4n) is 1.69. The molecule has 0 fully saturated rings. The highest BCUT2D eigenvalue weighted by Crippen LogP contribution is 2.20. The summed E-state index contributed by atoms with van der Waals surface area (Å²) in [5, 5.41) is 0. The number of fused-ring (bicyclic) bond motifs is 1. The lowest BCUT2D eigenvalue weighted by Gasteiger charge is -2.08. The van der Waals surface area contributed by atoms with E-state index in [1.165, 1.54) is 0 Å². The summed E-state index contributed by atoms with van der Waals surface area (Å²) in [5.41, 5.74) is 1.61. The molecule has 0 aliphatic rings. The van der Waals surface area contributed by atoms with Crippen LogP contribution < -0.4 is 4.90 Å². The molecule has 5 heteroatoms. The third kappa shape index (κ3) is 2.59. The highest BCUT2D eigenvalue weighted by atomic mass is 16.4. The highest BCUT2D eigenvalue weighted by molar-refractivity contribution is 5.74. The first-order valence-corrected chi connectivity index (χ1v) is 6.15. The molecular weight excluding hydrogens is 252 g/mol. The van der Waals surface area contributed by atoms with Gasteiger partial charge in [-0.2, -0.15) is 4.98 Å². The van der Waals surface area contributed by atoms with Gasteiger partial charge in [-0.1, -0.05) is 18.1 Å². The Morgan fingerprint density at radius 1 is 1.15 bits per heavy atom. The third-order valence-corrected chi connectivity index (χ3v) is 2.69. The van der Waals surface area contributed by atoms with E-state index in [1.807, 2.05) is 36.2 Å². The number of benzene rings is 1. The minimum atomic E-state index is 0.491. The predicted molar refractivity (Wildman–Crippen MR) is 76.2 cm³/mol. The fourth-order valence-corrected chi connectivity index (χ4v) is 1.69. The van der Waals surface area contributed by atoms with Crippen LogP contribution in [0.1, 0.15) is 5.82 Å². The summed E-state index contributed by atoms with van der Waals surface area (Å²) in [6.07, 6.45) is 3.34. The number of aromatic nitrogens is 3. The molecule has 0 unspecified atom stereocenters. The van der Waals surface area contributed by atoms with Gasteiger partial charge in [0.1, 0.15) is 5.52 Å². The number of para-hydroxylation sites is 2. The molecule has 3 rings (SSSR count). The van der Waals surface area contributed by atoms with E-state index in [0.717, 1.165) is 11.1 Å². The van der Waals surface area contributed by atoms with Gasteiger partial charge in [-0.3, -0.25) is 0 Å². The molecule has 0 aliphatic carbocycles. The van der Waals surface area contributed by atoms with Gasteiger partial charge in [-0.15, -0.1) is 0 Å². The predicted octanol–water partition coefficient (Wildman–Crippen LogP) is 2.11. The number of anilines is 1. The van der Waals surface area contributed by atoms with Crippen LogP contribution in [0.2, 0.25) is 0 Å². The van der Waals surface area contributed by atoms with E-state index >= 15 is 0 Å². The molecule has 0 saturated carbocycles. The Labute approximate surface area is 116 Å². The van der Waals surface area contributed by atoms with Crippen molar-refractivity contribution in [3.63, 3.8) is 0 Å². The SMILES string of the molecule is CN(CC#Cc1ncccn1)c1nc2ccccc2o1. The molecule has 0 saturated heterocycles. The van der Waals surface area contributed by atoms with E-state index in [4.69, 9.17) is 4.42 Å². The molecule has 20 heavy (non-hydrogen) atoms. The number of oxazole rings is 1. The fraction of sp³-hybridized carbons (Fsp3) is 0.133. The molecule has 0 bridgehead atoms. The van der Waals surface area contributed by atoms with Crippen LogP contribution in [0.25, 0.3) is 11.1 Å². The molecular formula is C15H12N4O. The largest absolute Gasteiger partial charge is 0.423 e. The monoisotopic (exact) mass is 264 g/mol. The lowest BCUT2D eigenvalue weighted by molar-refractivity contribution is 0.592. The quantitative estimate of drug-likeness (QED) is 0.663. The van der Waals surface area contributed by atoms with Crippen LogP contribution in [0, 0.1) is 11.8 Å². The molecule has 0 spiro atoms. The summed E-state index contributed by atoms with van der Waals surface area (Å²) in [5.74, 6) is 6.40. The van der Waals surface area contributed by atoms with Crippen molar-refractivity contribution in [3.05, 3.63) is 48.5 Å². The molecule has 3 aromatic rings. The molecule has 2 heterocycles. The second-order valence-electron chi connectivity index (χ2n) is 4.19. The molecule has 2 aromatic heterocycles. The second kappa shape index (κ2) is 5.41. The molecule has 5 nitrogen and oxygen atoms in total. The van der Waals surface area contributed by atoms with Crippen LogP contribution in [0.15, 0.2) is 47.1 Å². The van der Waals surface area contributed by atoms with Crippen LogP contribution in [-0.4, -0.2) is 28.5 Å². The Balaban J connectivity index is 1.73. The Bertz CT molecular complexity index is 737. The first kappa shape index (κ1) is 12.2. The zero-order valence-electron chi connectivity index (χ0n) is 10.9. The maximum Gasteiger partial charge on any atom is 0.298 e. The number of rotatable bonds is 2. The minimum absolute atomic E-state index is 0.491. The first-order chi connectivity index (χ1) is 9.83. The molecule has 98 valence electrons. The lowest BCUT2D eigenvalue weighted by Crippen LogP contribution is -2.17. The molecule has 0 aliphatic heterocycles. The van der Waals surface area contributed by atoms with E-state index < -0.39 is 0 Å². The van der Waals surface area contributed by atoms with E-state index in [2.05, 4.69) is 26.8 Å². The lowest BCUT2D eigenvalue weighted by atomic mass is 10.3. The molecule has 0 radical (unpaired) electrons. The standard InChI is InChI=1S/C15H12N4O/c1-19(11-4-8-14-16-9-5-10-17-14)15-18-12-6-2-3-7-13(12)20-15/h2-3,5-7,9-10H,11H2,1H3. The number of nitrogens with zero attached hydrogens (tertiary/aromatic N) is 4. The van der Waals surface area contributed by atoms with Crippen LogP contribution in [0.5, 0.6) is 0 Å². The Morgan fingerprint density at radius 2 is 1.95 bits per heavy atom. The van der Waals surface area contributed by atoms with Crippen molar-refractivity contribution < 1.29 is 4.42 Å². The maximum atomic E-state index is 5.65. The van der Waals surface area contributed by atoms with E-state index in [9.17, 15) is 0 Å². The molecule has 0 amide bonds. The van der Waals surface area contributed by atoms with Gasteiger partial charge >= 0.3 is 0 Å². The molecule has 0 N–H and O–H groups in total. The van der Waals surface area contributed by atoms with Crippen LogP contribution in [0.3, 0.4) is 0 Å². The van der Waals surface area contributed by atoms with E-state index in [0.29, 0.717) is 18.4 Å². The van der Waals surface area contributed by atoms with Gasteiger partial charge in [0.25, 0.3) is 6.01 Å². The summed E-state index contributed by atoms with van der Waals surface area (Å²) in [7, 11) is 1.88. The maximum absolute atomic E-state index is 5.65. The molecule has 0 atom stereocenters. The third-order valence-electron chi connectivity index (χ3n) is 2.69. The second-order valence-corrected chi connectivity index (χ2v) is 4.19. The van der Waals surface area contributed by atoms with Crippen molar-refractivity contribution in [1.29, 1.82) is 0 Å². The zero-order valence-corrected chi connectivity index (χ0v) is 10.9. The first-order valence-electron chi connectivity index (χ1n) is 6.15. The Hall–Kier alpha value is -2.87. The smallest absolute Gasteiger partial charge is 0.298 e. The van der Waals surface area contributed by atoms with Gasteiger partial charge in [0.05, 0.1) is 6.54 Å². The topological polar surface area (TPSA) is 55.1 Å². The minimum Gasteiger partial charge on any atom is -0.423 e. The Kier molecular flexibility index (Phi) is 3.29. The number of hydrogen-bond donors (Lipinski definition) is 0. The van der Waals surface area contributed by atoms with Crippen molar-refractivity contribution in [3.8, 4) is 11.8 Å². The van der Waals surface area contributed by atoms with Gasteiger partial charge in [-0.25, -0.2) is 9.97 Å². The summed E-state index contributed by atoms with van der Waals surface area (Å²) < 4.78 is 5.65. The van der Waals surface area contributed by atoms with Gasteiger partial charge in [0.15, 0.2) is 5.58 Å². The van der Waals surface area contributed by atoms with Gasteiger partial charge in [0.2, 0.25) is 5.82 Å². The van der Waals surface area contributed by atoms with Crippen molar-refractivity contribution in [2.75, 3.05) is 18.5 Å².